The van der Waals surface area contributed by atoms with E-state index in [-0.39, 0.29) is 11.9 Å². The highest BCUT2D eigenvalue weighted by molar-refractivity contribution is 7.12. The second-order valence-electron chi connectivity index (χ2n) is 4.84. The van der Waals surface area contributed by atoms with Crippen molar-refractivity contribution >= 4 is 17.2 Å². The number of thiophene rings is 1. The fraction of sp³-hybridized carbons (Fsp3) is 0.615. The third kappa shape index (κ3) is 2.91. The maximum absolute atomic E-state index is 11.9. The van der Waals surface area contributed by atoms with Gasteiger partial charge in [-0.05, 0) is 25.5 Å². The van der Waals surface area contributed by atoms with Gasteiger partial charge in [0, 0.05) is 36.4 Å². The van der Waals surface area contributed by atoms with Crippen LogP contribution in [0.1, 0.15) is 22.2 Å². The monoisotopic (exact) mass is 267 g/mol. The lowest BCUT2D eigenvalue weighted by Gasteiger charge is -2.28. The smallest absolute Gasteiger partial charge is 0.236 e. The van der Waals surface area contributed by atoms with Gasteiger partial charge in [0.1, 0.15) is 0 Å². The van der Waals surface area contributed by atoms with Crippen LogP contribution < -0.4 is 5.73 Å². The van der Waals surface area contributed by atoms with Crippen LogP contribution in [0.15, 0.2) is 12.1 Å². The molecule has 5 heteroatoms. The van der Waals surface area contributed by atoms with E-state index in [2.05, 4.69) is 24.0 Å². The molecule has 0 bridgehead atoms. The Morgan fingerprint density at radius 2 is 2.22 bits per heavy atom. The highest BCUT2D eigenvalue weighted by atomic mass is 32.1. The van der Waals surface area contributed by atoms with E-state index < -0.39 is 0 Å². The van der Waals surface area contributed by atoms with Crippen molar-refractivity contribution in [1.29, 1.82) is 0 Å². The first-order valence-electron chi connectivity index (χ1n) is 6.36. The minimum Gasteiger partial charge on any atom is -0.345 e. The average molecular weight is 267 g/mol. The van der Waals surface area contributed by atoms with E-state index in [1.54, 1.807) is 11.3 Å². The van der Waals surface area contributed by atoms with Crippen molar-refractivity contribution in [3.05, 3.63) is 21.9 Å². The maximum Gasteiger partial charge on any atom is 0.236 e. The molecule has 0 saturated carbocycles. The van der Waals surface area contributed by atoms with Crippen LogP contribution >= 0.6 is 11.3 Å². The lowest BCUT2D eigenvalue weighted by atomic mass is 10.2. The van der Waals surface area contributed by atoms with Crippen LogP contribution in [-0.2, 0) is 4.79 Å². The molecule has 1 aromatic rings. The Morgan fingerprint density at radius 1 is 1.44 bits per heavy atom. The molecule has 4 nitrogen and oxygen atoms in total. The fourth-order valence-corrected chi connectivity index (χ4v) is 3.38. The van der Waals surface area contributed by atoms with E-state index in [1.807, 2.05) is 11.9 Å². The van der Waals surface area contributed by atoms with Gasteiger partial charge in [-0.2, -0.15) is 0 Å². The summed E-state index contributed by atoms with van der Waals surface area (Å²) in [5, 5.41) is 0. The van der Waals surface area contributed by atoms with E-state index in [0.717, 1.165) is 19.5 Å². The van der Waals surface area contributed by atoms with Gasteiger partial charge >= 0.3 is 0 Å². The van der Waals surface area contributed by atoms with Crippen LogP contribution in [0.2, 0.25) is 0 Å². The molecule has 2 N–H and O–H groups in total. The first-order valence-corrected chi connectivity index (χ1v) is 7.18. The number of hydrogen-bond donors (Lipinski definition) is 1. The molecule has 0 spiro atoms. The topological polar surface area (TPSA) is 49.6 Å². The summed E-state index contributed by atoms with van der Waals surface area (Å²) in [4.78, 5) is 18.5. The van der Waals surface area contributed by atoms with Gasteiger partial charge in [0.15, 0.2) is 0 Å². The van der Waals surface area contributed by atoms with Gasteiger partial charge in [-0.25, -0.2) is 0 Å². The summed E-state index contributed by atoms with van der Waals surface area (Å²) in [5.41, 5.74) is 5.92. The van der Waals surface area contributed by atoms with Crippen molar-refractivity contribution in [3.63, 3.8) is 0 Å². The zero-order valence-electron chi connectivity index (χ0n) is 11.1. The third-order valence-electron chi connectivity index (χ3n) is 3.46. The summed E-state index contributed by atoms with van der Waals surface area (Å²) in [7, 11) is 1.87. The second kappa shape index (κ2) is 5.82. The molecular formula is C13H21N3OS. The van der Waals surface area contributed by atoms with Crippen LogP contribution in [0.5, 0.6) is 0 Å². The summed E-state index contributed by atoms with van der Waals surface area (Å²) < 4.78 is 0. The average Bonchev–Trinajstić information content (AvgIpc) is 2.68. The molecule has 0 aliphatic carbocycles. The Hall–Kier alpha value is -0.910. The van der Waals surface area contributed by atoms with E-state index in [4.69, 9.17) is 5.73 Å². The zero-order chi connectivity index (χ0) is 13.1. The number of rotatable bonds is 3. The molecule has 1 aromatic heterocycles. The van der Waals surface area contributed by atoms with Crippen LogP contribution in [0.4, 0.5) is 0 Å². The van der Waals surface area contributed by atoms with Crippen molar-refractivity contribution in [2.24, 2.45) is 5.73 Å². The SMILES string of the molecule is Cc1ccc(C(CN)N2CCCN(C)C(=O)C2)s1. The normalized spacial score (nSPS) is 19.9. The van der Waals surface area contributed by atoms with Crippen LogP contribution in [0.3, 0.4) is 0 Å². The van der Waals surface area contributed by atoms with Gasteiger partial charge in [-0.1, -0.05) is 0 Å². The van der Waals surface area contributed by atoms with Gasteiger partial charge in [0.25, 0.3) is 0 Å². The summed E-state index contributed by atoms with van der Waals surface area (Å²) in [6, 6.07) is 4.43. The van der Waals surface area contributed by atoms with E-state index in [0.29, 0.717) is 13.1 Å². The lowest BCUT2D eigenvalue weighted by molar-refractivity contribution is -0.130. The van der Waals surface area contributed by atoms with Crippen molar-refractivity contribution in [3.8, 4) is 0 Å². The molecule has 1 atom stereocenters. The van der Waals surface area contributed by atoms with E-state index in [9.17, 15) is 4.79 Å². The van der Waals surface area contributed by atoms with Crippen LogP contribution in [-0.4, -0.2) is 48.9 Å². The first kappa shape index (κ1) is 13.5. The number of aryl methyl sites for hydroxylation is 1. The van der Waals surface area contributed by atoms with E-state index in [1.165, 1.54) is 9.75 Å². The molecule has 1 fully saturated rings. The Labute approximate surface area is 112 Å². The summed E-state index contributed by atoms with van der Waals surface area (Å²) in [5.74, 6) is 0.194. The highest BCUT2D eigenvalue weighted by Gasteiger charge is 2.26. The second-order valence-corrected chi connectivity index (χ2v) is 6.16. The molecule has 0 aromatic carbocycles. The van der Waals surface area contributed by atoms with E-state index >= 15 is 0 Å². The predicted molar refractivity (Wildman–Crippen MR) is 74.7 cm³/mol. The quantitative estimate of drug-likeness (QED) is 0.896. The van der Waals surface area contributed by atoms with Gasteiger partial charge in [-0.15, -0.1) is 11.3 Å². The summed E-state index contributed by atoms with van der Waals surface area (Å²) in [6.45, 7) is 4.93. The molecule has 18 heavy (non-hydrogen) atoms. The zero-order valence-corrected chi connectivity index (χ0v) is 11.9. The minimum absolute atomic E-state index is 0.180. The Balaban J connectivity index is 2.14. The molecule has 1 unspecified atom stereocenters. The number of carbonyl (C=O) groups excluding carboxylic acids is 1. The molecule has 2 rings (SSSR count). The fourth-order valence-electron chi connectivity index (χ4n) is 2.35. The number of amides is 1. The van der Waals surface area contributed by atoms with Crippen molar-refractivity contribution < 1.29 is 4.79 Å². The largest absolute Gasteiger partial charge is 0.345 e. The Bertz CT molecular complexity index is 418. The standard InChI is InChI=1S/C13H21N3OS/c1-10-4-5-12(18-10)11(8-14)16-7-3-6-15(2)13(17)9-16/h4-5,11H,3,6-9,14H2,1-2H3. The van der Waals surface area contributed by atoms with Gasteiger partial charge < -0.3 is 10.6 Å². The molecular weight excluding hydrogens is 246 g/mol. The number of carbonyl (C=O) groups is 1. The number of nitrogens with zero attached hydrogens (tertiary/aromatic N) is 2. The van der Waals surface area contributed by atoms with Gasteiger partial charge in [0.2, 0.25) is 5.91 Å². The first-order chi connectivity index (χ1) is 8.61. The molecule has 0 radical (unpaired) electrons. The van der Waals surface area contributed by atoms with Crippen LogP contribution in [0, 0.1) is 6.92 Å². The van der Waals surface area contributed by atoms with Crippen molar-refractivity contribution in [2.75, 3.05) is 33.2 Å². The predicted octanol–water partition coefficient (Wildman–Crippen LogP) is 1.22. The third-order valence-corrected chi connectivity index (χ3v) is 4.56. The van der Waals surface area contributed by atoms with Crippen molar-refractivity contribution in [1.82, 2.24) is 9.80 Å². The Morgan fingerprint density at radius 3 is 2.83 bits per heavy atom. The number of hydrogen-bond acceptors (Lipinski definition) is 4. The number of nitrogens with two attached hydrogens (primary N) is 1. The number of likely N-dealkylation sites (N-methyl/N-ethyl adjacent to an activating group) is 1. The molecule has 100 valence electrons. The molecule has 1 aliphatic rings. The molecule has 1 aliphatic heterocycles. The van der Waals surface area contributed by atoms with Crippen molar-refractivity contribution in [2.45, 2.75) is 19.4 Å². The van der Waals surface area contributed by atoms with Gasteiger partial charge in [0.05, 0.1) is 12.6 Å². The highest BCUT2D eigenvalue weighted by Crippen LogP contribution is 2.27. The van der Waals surface area contributed by atoms with Crippen LogP contribution in [0.25, 0.3) is 0 Å². The minimum atomic E-state index is 0.180. The molecule has 2 heterocycles. The Kier molecular flexibility index (Phi) is 4.37. The maximum atomic E-state index is 11.9. The summed E-state index contributed by atoms with van der Waals surface area (Å²) >= 11 is 1.78. The molecule has 1 saturated heterocycles. The molecule has 1 amide bonds. The lowest BCUT2D eigenvalue weighted by Crippen LogP contribution is -2.39. The van der Waals surface area contributed by atoms with Gasteiger partial charge in [-0.3, -0.25) is 9.69 Å². The summed E-state index contributed by atoms with van der Waals surface area (Å²) in [6.07, 6.45) is 1.02.